The maximum Gasteiger partial charge on any atom is 0.0900 e. The van der Waals surface area contributed by atoms with E-state index in [0.717, 1.165) is 29.2 Å². The van der Waals surface area contributed by atoms with Crippen LogP contribution < -0.4 is 11.3 Å². The molecule has 0 aliphatic carbocycles. The first-order valence-corrected chi connectivity index (χ1v) is 7.28. The van der Waals surface area contributed by atoms with Crippen LogP contribution >= 0.6 is 11.3 Å². The Labute approximate surface area is 117 Å². The molecule has 0 aromatic carbocycles. The zero-order valence-corrected chi connectivity index (χ0v) is 12.7. The standard InChI is InChI=1S/C13H21N5S/c1-5-10-6-11(18(4)17-10)7-12(16-14)13-8(2)15-9(3)19-13/h6,12,16H,5,7,14H2,1-4H3. The number of rotatable bonds is 5. The summed E-state index contributed by atoms with van der Waals surface area (Å²) in [5.41, 5.74) is 6.27. The molecule has 0 spiro atoms. The largest absolute Gasteiger partial charge is 0.272 e. The van der Waals surface area contributed by atoms with E-state index in [1.807, 2.05) is 25.6 Å². The molecule has 0 aliphatic rings. The molecule has 0 radical (unpaired) electrons. The van der Waals surface area contributed by atoms with E-state index in [1.54, 1.807) is 11.3 Å². The summed E-state index contributed by atoms with van der Waals surface area (Å²) in [5, 5.41) is 5.55. The van der Waals surface area contributed by atoms with Crippen LogP contribution in [0.5, 0.6) is 0 Å². The minimum absolute atomic E-state index is 0.0892. The molecule has 1 unspecified atom stereocenters. The van der Waals surface area contributed by atoms with E-state index < -0.39 is 0 Å². The smallest absolute Gasteiger partial charge is 0.0900 e. The lowest BCUT2D eigenvalue weighted by Crippen LogP contribution is -2.30. The number of nitrogens with one attached hydrogen (secondary N) is 1. The lowest BCUT2D eigenvalue weighted by atomic mass is 10.1. The molecule has 2 rings (SSSR count). The average Bonchev–Trinajstić information content (AvgIpc) is 2.89. The van der Waals surface area contributed by atoms with Crippen LogP contribution in [0, 0.1) is 13.8 Å². The molecular formula is C13H21N5S. The number of aryl methyl sites for hydroxylation is 4. The molecule has 0 bridgehead atoms. The Kier molecular flexibility index (Phi) is 4.34. The van der Waals surface area contributed by atoms with Crippen LogP contribution in [0.1, 0.15) is 39.9 Å². The number of hydrazine groups is 1. The van der Waals surface area contributed by atoms with Gasteiger partial charge in [0, 0.05) is 24.0 Å². The summed E-state index contributed by atoms with van der Waals surface area (Å²) in [6.07, 6.45) is 1.77. The van der Waals surface area contributed by atoms with Gasteiger partial charge in [0.05, 0.1) is 22.4 Å². The maximum atomic E-state index is 5.72. The van der Waals surface area contributed by atoms with Gasteiger partial charge in [0.15, 0.2) is 0 Å². The molecule has 0 fully saturated rings. The molecular weight excluding hydrogens is 258 g/mol. The summed E-state index contributed by atoms with van der Waals surface area (Å²) in [6.45, 7) is 6.17. The molecule has 0 amide bonds. The second-order valence-corrected chi connectivity index (χ2v) is 5.94. The highest BCUT2D eigenvalue weighted by Gasteiger charge is 2.18. The lowest BCUT2D eigenvalue weighted by Gasteiger charge is -2.14. The zero-order chi connectivity index (χ0) is 14.0. The Morgan fingerprint density at radius 2 is 2.21 bits per heavy atom. The van der Waals surface area contributed by atoms with Gasteiger partial charge in [-0.2, -0.15) is 5.10 Å². The van der Waals surface area contributed by atoms with E-state index in [9.17, 15) is 0 Å². The summed E-state index contributed by atoms with van der Waals surface area (Å²) in [7, 11) is 1.98. The molecule has 2 aromatic heterocycles. The van der Waals surface area contributed by atoms with Crippen molar-refractivity contribution in [2.24, 2.45) is 12.9 Å². The van der Waals surface area contributed by atoms with E-state index >= 15 is 0 Å². The minimum Gasteiger partial charge on any atom is -0.272 e. The molecule has 0 saturated carbocycles. The summed E-state index contributed by atoms with van der Waals surface area (Å²) in [6, 6.07) is 2.24. The van der Waals surface area contributed by atoms with Crippen molar-refractivity contribution in [2.45, 2.75) is 39.7 Å². The van der Waals surface area contributed by atoms with Crippen LogP contribution in [0.3, 0.4) is 0 Å². The second-order valence-electron chi connectivity index (χ2n) is 4.71. The molecule has 19 heavy (non-hydrogen) atoms. The average molecular weight is 279 g/mol. The maximum absolute atomic E-state index is 5.72. The van der Waals surface area contributed by atoms with E-state index in [4.69, 9.17) is 5.84 Å². The SMILES string of the molecule is CCc1cc(CC(NN)c2sc(C)nc2C)n(C)n1. The second kappa shape index (κ2) is 5.81. The van der Waals surface area contributed by atoms with Crippen molar-refractivity contribution in [3.05, 3.63) is 33.0 Å². The highest BCUT2D eigenvalue weighted by Crippen LogP contribution is 2.27. The number of hydrogen-bond acceptors (Lipinski definition) is 5. The van der Waals surface area contributed by atoms with E-state index in [0.29, 0.717) is 0 Å². The molecule has 0 saturated heterocycles. The number of nitrogens with two attached hydrogens (primary N) is 1. The van der Waals surface area contributed by atoms with Crippen molar-refractivity contribution < 1.29 is 0 Å². The van der Waals surface area contributed by atoms with Gasteiger partial charge < -0.3 is 0 Å². The van der Waals surface area contributed by atoms with Gasteiger partial charge in [-0.3, -0.25) is 16.0 Å². The summed E-state index contributed by atoms with van der Waals surface area (Å²) in [4.78, 5) is 5.67. The molecule has 5 nitrogen and oxygen atoms in total. The van der Waals surface area contributed by atoms with Crippen molar-refractivity contribution >= 4 is 11.3 Å². The van der Waals surface area contributed by atoms with Crippen molar-refractivity contribution in [3.63, 3.8) is 0 Å². The monoisotopic (exact) mass is 279 g/mol. The van der Waals surface area contributed by atoms with Gasteiger partial charge in [0.1, 0.15) is 0 Å². The number of nitrogens with zero attached hydrogens (tertiary/aromatic N) is 3. The fourth-order valence-electron chi connectivity index (χ4n) is 2.24. The Morgan fingerprint density at radius 3 is 2.68 bits per heavy atom. The Morgan fingerprint density at radius 1 is 1.47 bits per heavy atom. The Hall–Kier alpha value is -1.24. The predicted molar refractivity (Wildman–Crippen MR) is 77.9 cm³/mol. The van der Waals surface area contributed by atoms with Gasteiger partial charge in [-0.1, -0.05) is 6.92 Å². The zero-order valence-electron chi connectivity index (χ0n) is 11.9. The van der Waals surface area contributed by atoms with Crippen LogP contribution in [0.2, 0.25) is 0 Å². The van der Waals surface area contributed by atoms with Crippen LogP contribution in [0.15, 0.2) is 6.07 Å². The van der Waals surface area contributed by atoms with Crippen molar-refractivity contribution in [3.8, 4) is 0 Å². The number of aromatic nitrogens is 3. The van der Waals surface area contributed by atoms with Crippen molar-refractivity contribution in [1.29, 1.82) is 0 Å². The first-order chi connectivity index (χ1) is 9.05. The van der Waals surface area contributed by atoms with Gasteiger partial charge in [0.2, 0.25) is 0 Å². The quantitative estimate of drug-likeness (QED) is 0.647. The van der Waals surface area contributed by atoms with Gasteiger partial charge in [-0.15, -0.1) is 11.3 Å². The topological polar surface area (TPSA) is 68.8 Å². The predicted octanol–water partition coefficient (Wildman–Crippen LogP) is 1.80. The summed E-state index contributed by atoms with van der Waals surface area (Å²) < 4.78 is 1.94. The minimum atomic E-state index is 0.0892. The highest BCUT2D eigenvalue weighted by molar-refractivity contribution is 7.11. The molecule has 2 aromatic rings. The number of hydrogen-bond donors (Lipinski definition) is 2. The van der Waals surface area contributed by atoms with Gasteiger partial charge in [0.25, 0.3) is 0 Å². The van der Waals surface area contributed by atoms with Gasteiger partial charge in [-0.25, -0.2) is 4.98 Å². The van der Waals surface area contributed by atoms with Crippen LogP contribution in [-0.2, 0) is 19.9 Å². The van der Waals surface area contributed by atoms with E-state index in [1.165, 1.54) is 10.6 Å². The van der Waals surface area contributed by atoms with E-state index in [-0.39, 0.29) is 6.04 Å². The third-order valence-electron chi connectivity index (χ3n) is 3.26. The molecule has 2 heterocycles. The van der Waals surface area contributed by atoms with Crippen LogP contribution in [-0.4, -0.2) is 14.8 Å². The van der Waals surface area contributed by atoms with Crippen LogP contribution in [0.4, 0.5) is 0 Å². The summed E-state index contributed by atoms with van der Waals surface area (Å²) >= 11 is 1.70. The first-order valence-electron chi connectivity index (χ1n) is 6.47. The highest BCUT2D eigenvalue weighted by atomic mass is 32.1. The van der Waals surface area contributed by atoms with E-state index in [2.05, 4.69) is 28.5 Å². The molecule has 3 N–H and O–H groups in total. The Bertz CT molecular complexity index is 557. The normalized spacial score (nSPS) is 12.9. The fraction of sp³-hybridized carbons (Fsp3) is 0.538. The Balaban J connectivity index is 2.23. The fourth-order valence-corrected chi connectivity index (χ4v) is 3.23. The molecule has 6 heteroatoms. The summed E-state index contributed by atoms with van der Waals surface area (Å²) in [5.74, 6) is 5.72. The van der Waals surface area contributed by atoms with Crippen molar-refractivity contribution in [1.82, 2.24) is 20.2 Å². The molecule has 0 aliphatic heterocycles. The van der Waals surface area contributed by atoms with Crippen LogP contribution in [0.25, 0.3) is 0 Å². The molecule has 1 atom stereocenters. The van der Waals surface area contributed by atoms with Gasteiger partial charge >= 0.3 is 0 Å². The third-order valence-corrected chi connectivity index (χ3v) is 4.45. The van der Waals surface area contributed by atoms with Gasteiger partial charge in [-0.05, 0) is 26.3 Å². The lowest BCUT2D eigenvalue weighted by molar-refractivity contribution is 0.534. The number of thiazole rings is 1. The third kappa shape index (κ3) is 3.02. The molecule has 104 valence electrons. The first kappa shape index (κ1) is 14.2. The van der Waals surface area contributed by atoms with Crippen molar-refractivity contribution in [2.75, 3.05) is 0 Å².